The van der Waals surface area contributed by atoms with Crippen molar-refractivity contribution in [1.82, 2.24) is 0 Å². The van der Waals surface area contributed by atoms with Crippen molar-refractivity contribution in [2.75, 3.05) is 12.3 Å². The van der Waals surface area contributed by atoms with Crippen LogP contribution in [0.15, 0.2) is 18.2 Å². The minimum atomic E-state index is -0.566. The highest BCUT2D eigenvalue weighted by Crippen LogP contribution is 2.22. The summed E-state index contributed by atoms with van der Waals surface area (Å²) in [7, 11) is 0. The smallest absolute Gasteiger partial charge is 0.310 e. The summed E-state index contributed by atoms with van der Waals surface area (Å²) in [6, 6.07) is 4.18. The summed E-state index contributed by atoms with van der Waals surface area (Å²) in [6.07, 6.45) is 0.0655. The molecule has 0 amide bonds. The molecule has 0 fully saturated rings. The van der Waals surface area contributed by atoms with Gasteiger partial charge in [-0.3, -0.25) is 14.9 Å². The first-order valence-corrected chi connectivity index (χ1v) is 4.73. The summed E-state index contributed by atoms with van der Waals surface area (Å²) >= 11 is 0. The topological polar surface area (TPSA) is 95.5 Å². The fraction of sp³-hybridized carbons (Fsp3) is 0.300. The van der Waals surface area contributed by atoms with Crippen LogP contribution in [0.2, 0.25) is 0 Å². The number of nitrogens with zero attached hydrogens (tertiary/aromatic N) is 1. The van der Waals surface area contributed by atoms with Crippen molar-refractivity contribution >= 4 is 17.3 Å². The van der Waals surface area contributed by atoms with Gasteiger partial charge in [-0.05, 0) is 18.6 Å². The van der Waals surface area contributed by atoms with Gasteiger partial charge in [0, 0.05) is 6.07 Å². The van der Waals surface area contributed by atoms with Gasteiger partial charge in [0.05, 0.1) is 18.0 Å². The van der Waals surface area contributed by atoms with Gasteiger partial charge in [0.15, 0.2) is 0 Å². The molecule has 6 heteroatoms. The number of benzene rings is 1. The fourth-order valence-corrected chi connectivity index (χ4v) is 1.26. The maximum atomic E-state index is 11.1. The normalized spacial score (nSPS) is 9.81. The van der Waals surface area contributed by atoms with Crippen LogP contribution >= 0.6 is 0 Å². The molecule has 0 saturated carbocycles. The number of carbonyl (C=O) groups excluding carboxylic acids is 1. The second-order valence-electron chi connectivity index (χ2n) is 3.13. The third-order valence-corrected chi connectivity index (χ3v) is 1.94. The average Bonchev–Trinajstić information content (AvgIpc) is 2.17. The Hall–Kier alpha value is -2.11. The van der Waals surface area contributed by atoms with Crippen LogP contribution in [0, 0.1) is 10.1 Å². The summed E-state index contributed by atoms with van der Waals surface area (Å²) in [5.41, 5.74) is 5.97. The van der Waals surface area contributed by atoms with Gasteiger partial charge < -0.3 is 10.5 Å². The first-order chi connectivity index (χ1) is 7.54. The highest BCUT2D eigenvalue weighted by atomic mass is 16.6. The zero-order valence-corrected chi connectivity index (χ0v) is 8.80. The number of nitro benzene ring substituents is 1. The molecule has 1 aromatic carbocycles. The van der Waals surface area contributed by atoms with Gasteiger partial charge >= 0.3 is 5.97 Å². The molecule has 0 saturated heterocycles. The number of nitro groups is 1. The molecular weight excluding hydrogens is 212 g/mol. The van der Waals surface area contributed by atoms with Crippen molar-refractivity contribution in [3.63, 3.8) is 0 Å². The van der Waals surface area contributed by atoms with Crippen molar-refractivity contribution in [2.24, 2.45) is 0 Å². The monoisotopic (exact) mass is 224 g/mol. The number of rotatable bonds is 4. The van der Waals surface area contributed by atoms with Crippen molar-refractivity contribution in [1.29, 1.82) is 0 Å². The molecule has 0 aliphatic carbocycles. The second-order valence-corrected chi connectivity index (χ2v) is 3.13. The lowest BCUT2D eigenvalue weighted by atomic mass is 10.1. The van der Waals surface area contributed by atoms with Crippen molar-refractivity contribution < 1.29 is 14.5 Å². The first kappa shape index (κ1) is 12.0. The van der Waals surface area contributed by atoms with E-state index in [1.54, 1.807) is 6.92 Å². The first-order valence-electron chi connectivity index (χ1n) is 4.73. The number of hydrogen-bond donors (Lipinski definition) is 1. The molecular formula is C10H12N2O4. The average molecular weight is 224 g/mol. The Labute approximate surface area is 92.2 Å². The number of anilines is 1. The van der Waals surface area contributed by atoms with E-state index in [1.807, 2.05) is 0 Å². The summed E-state index contributed by atoms with van der Waals surface area (Å²) < 4.78 is 4.75. The van der Waals surface area contributed by atoms with E-state index < -0.39 is 4.92 Å². The second kappa shape index (κ2) is 5.11. The van der Waals surface area contributed by atoms with E-state index in [0.717, 1.165) is 0 Å². The van der Waals surface area contributed by atoms with E-state index in [0.29, 0.717) is 12.2 Å². The highest BCUT2D eigenvalue weighted by molar-refractivity contribution is 5.73. The number of nitrogens with two attached hydrogens (primary N) is 1. The zero-order valence-electron chi connectivity index (χ0n) is 8.80. The number of hydrogen-bond acceptors (Lipinski definition) is 5. The molecule has 86 valence electrons. The van der Waals surface area contributed by atoms with Gasteiger partial charge in [0.25, 0.3) is 5.69 Å². The lowest BCUT2D eigenvalue weighted by Crippen LogP contribution is -2.08. The Morgan fingerprint density at radius 2 is 2.25 bits per heavy atom. The van der Waals surface area contributed by atoms with Gasteiger partial charge in [-0.15, -0.1) is 0 Å². The van der Waals surface area contributed by atoms with Gasteiger partial charge in [0.1, 0.15) is 5.69 Å². The van der Waals surface area contributed by atoms with Gasteiger partial charge in [-0.25, -0.2) is 0 Å². The standard InChI is InChI=1S/C10H12N2O4/c1-2-16-10(13)6-7-3-4-9(12(14)15)8(11)5-7/h3-5H,2,6,11H2,1H3. The van der Waals surface area contributed by atoms with E-state index >= 15 is 0 Å². The summed E-state index contributed by atoms with van der Waals surface area (Å²) in [4.78, 5) is 21.1. The summed E-state index contributed by atoms with van der Waals surface area (Å²) in [6.45, 7) is 2.02. The maximum Gasteiger partial charge on any atom is 0.310 e. The molecule has 0 heterocycles. The number of carbonyl (C=O) groups is 1. The van der Waals surface area contributed by atoms with Crippen molar-refractivity contribution in [3.05, 3.63) is 33.9 Å². The molecule has 0 radical (unpaired) electrons. The third-order valence-electron chi connectivity index (χ3n) is 1.94. The summed E-state index contributed by atoms with van der Waals surface area (Å²) in [5, 5.41) is 10.5. The predicted molar refractivity (Wildman–Crippen MR) is 57.8 cm³/mol. The molecule has 0 atom stereocenters. The molecule has 2 N–H and O–H groups in total. The van der Waals surface area contributed by atoms with Crippen molar-refractivity contribution in [3.8, 4) is 0 Å². The Bertz CT molecular complexity index is 417. The highest BCUT2D eigenvalue weighted by Gasteiger charge is 2.12. The molecule has 6 nitrogen and oxygen atoms in total. The van der Waals surface area contributed by atoms with Crippen LogP contribution in [0.4, 0.5) is 11.4 Å². The molecule has 0 aliphatic heterocycles. The molecule has 1 rings (SSSR count). The third kappa shape index (κ3) is 2.94. The molecule has 0 bridgehead atoms. The zero-order chi connectivity index (χ0) is 12.1. The molecule has 16 heavy (non-hydrogen) atoms. The Morgan fingerprint density at radius 1 is 1.56 bits per heavy atom. The molecule has 0 unspecified atom stereocenters. The van der Waals surface area contributed by atoms with E-state index in [2.05, 4.69) is 0 Å². The minimum absolute atomic E-state index is 0.0480. The maximum absolute atomic E-state index is 11.1. The minimum Gasteiger partial charge on any atom is -0.466 e. The van der Waals surface area contributed by atoms with Crippen LogP contribution in [0.3, 0.4) is 0 Å². The van der Waals surface area contributed by atoms with Gasteiger partial charge in [0.2, 0.25) is 0 Å². The largest absolute Gasteiger partial charge is 0.466 e. The van der Waals surface area contributed by atoms with Crippen LogP contribution in [0.25, 0.3) is 0 Å². The van der Waals surface area contributed by atoms with Crippen LogP contribution in [0.1, 0.15) is 12.5 Å². The van der Waals surface area contributed by atoms with Crippen molar-refractivity contribution in [2.45, 2.75) is 13.3 Å². The SMILES string of the molecule is CCOC(=O)Cc1ccc([N+](=O)[O-])c(N)c1. The molecule has 0 spiro atoms. The van der Waals surface area contributed by atoms with Crippen LogP contribution < -0.4 is 5.73 Å². The van der Waals surface area contributed by atoms with E-state index in [9.17, 15) is 14.9 Å². The molecule has 0 aromatic heterocycles. The Balaban J connectivity index is 2.81. The lowest BCUT2D eigenvalue weighted by molar-refractivity contribution is -0.383. The van der Waals surface area contributed by atoms with E-state index in [1.165, 1.54) is 18.2 Å². The van der Waals surface area contributed by atoms with Gasteiger partial charge in [-0.1, -0.05) is 6.07 Å². The molecule has 1 aromatic rings. The predicted octanol–water partition coefficient (Wildman–Crippen LogP) is 1.28. The number of esters is 1. The Morgan fingerprint density at radius 3 is 2.75 bits per heavy atom. The molecule has 0 aliphatic rings. The van der Waals surface area contributed by atoms with E-state index in [4.69, 9.17) is 10.5 Å². The van der Waals surface area contributed by atoms with Crippen LogP contribution in [0.5, 0.6) is 0 Å². The Kier molecular flexibility index (Phi) is 3.82. The van der Waals surface area contributed by atoms with Crippen LogP contribution in [-0.4, -0.2) is 17.5 Å². The van der Waals surface area contributed by atoms with Gasteiger partial charge in [-0.2, -0.15) is 0 Å². The number of nitrogen functional groups attached to an aromatic ring is 1. The lowest BCUT2D eigenvalue weighted by Gasteiger charge is -2.03. The van der Waals surface area contributed by atoms with Crippen LogP contribution in [-0.2, 0) is 16.0 Å². The summed E-state index contributed by atoms with van der Waals surface area (Å²) in [5.74, 6) is -0.379. The number of ether oxygens (including phenoxy) is 1. The quantitative estimate of drug-likeness (QED) is 0.359. The fourth-order valence-electron chi connectivity index (χ4n) is 1.26. The van der Waals surface area contributed by atoms with E-state index in [-0.39, 0.29) is 23.8 Å².